The fraction of sp³-hybridized carbons (Fsp3) is 0.706. The maximum atomic E-state index is 12.8. The van der Waals surface area contributed by atoms with E-state index in [4.69, 9.17) is 0 Å². The van der Waals surface area contributed by atoms with E-state index < -0.39 is 9.84 Å². The topological polar surface area (TPSA) is 96.4 Å². The molecule has 0 aromatic carbocycles. The number of aromatic nitrogens is 1. The van der Waals surface area contributed by atoms with Gasteiger partial charge in [-0.15, -0.1) is 11.3 Å². The number of nitrogens with zero attached hydrogens (tertiary/aromatic N) is 2. The molecule has 1 N–H and O–H groups in total. The Balaban J connectivity index is 1.46. The highest BCUT2D eigenvalue weighted by molar-refractivity contribution is 7.91. The second kappa shape index (κ2) is 8.04. The van der Waals surface area contributed by atoms with Crippen LogP contribution in [-0.2, 0) is 14.6 Å². The molecule has 1 aromatic rings. The molecule has 0 unspecified atom stereocenters. The van der Waals surface area contributed by atoms with Crippen LogP contribution >= 0.6 is 11.3 Å². The molecular formula is C17H25N3O4S2. The van der Waals surface area contributed by atoms with Gasteiger partial charge in [0, 0.05) is 25.0 Å². The first kappa shape index (κ1) is 19.3. The summed E-state index contributed by atoms with van der Waals surface area (Å²) in [6.07, 6.45) is 5.70. The average Bonchev–Trinajstić information content (AvgIpc) is 3.16. The molecule has 1 aliphatic carbocycles. The lowest BCUT2D eigenvalue weighted by Crippen LogP contribution is -2.46. The van der Waals surface area contributed by atoms with E-state index in [1.54, 1.807) is 23.7 Å². The maximum absolute atomic E-state index is 12.8. The van der Waals surface area contributed by atoms with E-state index in [0.29, 0.717) is 17.7 Å². The zero-order chi connectivity index (χ0) is 18.7. The van der Waals surface area contributed by atoms with Gasteiger partial charge in [-0.3, -0.25) is 14.6 Å². The Labute approximate surface area is 158 Å². The molecule has 0 atom stereocenters. The first-order valence-electron chi connectivity index (χ1n) is 9.02. The minimum atomic E-state index is -2.92. The third kappa shape index (κ3) is 4.62. The lowest BCUT2D eigenvalue weighted by molar-refractivity contribution is -0.137. The quantitative estimate of drug-likeness (QED) is 0.827. The van der Waals surface area contributed by atoms with E-state index in [0.717, 1.165) is 25.7 Å². The number of amides is 2. The molecule has 3 rings (SSSR count). The molecule has 0 radical (unpaired) electrons. The van der Waals surface area contributed by atoms with Crippen LogP contribution < -0.4 is 5.32 Å². The molecule has 26 heavy (non-hydrogen) atoms. The summed E-state index contributed by atoms with van der Waals surface area (Å²) in [6, 6.07) is 0.119. The molecule has 9 heteroatoms. The molecular weight excluding hydrogens is 374 g/mol. The third-order valence-corrected chi connectivity index (χ3v) is 7.97. The van der Waals surface area contributed by atoms with E-state index >= 15 is 0 Å². The molecule has 144 valence electrons. The minimum absolute atomic E-state index is 0.0229. The van der Waals surface area contributed by atoms with Crippen LogP contribution in [0.4, 0.5) is 0 Å². The van der Waals surface area contributed by atoms with Crippen LogP contribution in [0, 0.1) is 5.92 Å². The summed E-state index contributed by atoms with van der Waals surface area (Å²) in [5.74, 6) is 0.330. The van der Waals surface area contributed by atoms with Crippen LogP contribution in [0.25, 0.3) is 0 Å². The van der Waals surface area contributed by atoms with Gasteiger partial charge in [0.1, 0.15) is 14.7 Å². The average molecular weight is 400 g/mol. The van der Waals surface area contributed by atoms with E-state index in [-0.39, 0.29) is 41.3 Å². The number of rotatable bonds is 4. The van der Waals surface area contributed by atoms with Crippen molar-refractivity contribution in [1.29, 1.82) is 0 Å². The summed E-state index contributed by atoms with van der Waals surface area (Å²) in [5.41, 5.74) is 1.64. The number of carbonyl (C=O) groups is 2. The second-order valence-corrected chi connectivity index (χ2v) is 10.4. The van der Waals surface area contributed by atoms with Gasteiger partial charge in [-0.25, -0.2) is 8.42 Å². The van der Waals surface area contributed by atoms with Crippen LogP contribution in [0.2, 0.25) is 0 Å². The predicted octanol–water partition coefficient (Wildman–Crippen LogP) is 1.47. The van der Waals surface area contributed by atoms with Crippen molar-refractivity contribution in [2.24, 2.45) is 5.92 Å². The molecule has 1 aliphatic heterocycles. The van der Waals surface area contributed by atoms with Crippen molar-refractivity contribution in [3.8, 4) is 0 Å². The number of hydrogen-bond donors (Lipinski definition) is 1. The number of thiazole rings is 1. The molecule has 1 saturated carbocycles. The number of hydrogen-bond acceptors (Lipinski definition) is 6. The molecule has 2 heterocycles. The van der Waals surface area contributed by atoms with E-state index in [2.05, 4.69) is 10.3 Å². The molecule has 7 nitrogen and oxygen atoms in total. The Kier molecular flexibility index (Phi) is 5.96. The normalized spacial score (nSPS) is 26.2. The van der Waals surface area contributed by atoms with Crippen molar-refractivity contribution < 1.29 is 18.0 Å². The lowest BCUT2D eigenvalue weighted by Gasteiger charge is -2.36. The predicted molar refractivity (Wildman–Crippen MR) is 99.8 cm³/mol. The first-order chi connectivity index (χ1) is 12.4. The summed E-state index contributed by atoms with van der Waals surface area (Å²) in [6.45, 7) is 0. The van der Waals surface area contributed by atoms with Crippen LogP contribution in [0.15, 0.2) is 11.7 Å². The van der Waals surface area contributed by atoms with Gasteiger partial charge >= 0.3 is 0 Å². The summed E-state index contributed by atoms with van der Waals surface area (Å²) in [5, 5.41) is 3.02. The molecule has 2 amide bonds. The van der Waals surface area contributed by atoms with Crippen molar-refractivity contribution >= 4 is 33.0 Å². The van der Waals surface area contributed by atoms with Gasteiger partial charge in [-0.1, -0.05) is 0 Å². The first-order valence-corrected chi connectivity index (χ1v) is 11.7. The van der Waals surface area contributed by atoms with Crippen molar-refractivity contribution in [3.05, 3.63) is 16.6 Å². The van der Waals surface area contributed by atoms with Gasteiger partial charge in [0.15, 0.2) is 0 Å². The molecule has 2 aliphatic rings. The minimum Gasteiger partial charge on any atom is -0.349 e. The highest BCUT2D eigenvalue weighted by atomic mass is 32.2. The maximum Gasteiger partial charge on any atom is 0.263 e. The number of nitrogens with one attached hydrogen (secondary N) is 1. The summed E-state index contributed by atoms with van der Waals surface area (Å²) in [4.78, 5) is 31.1. The number of carbonyl (C=O) groups excluding carboxylic acids is 2. The second-order valence-electron chi connectivity index (χ2n) is 7.22. The summed E-state index contributed by atoms with van der Waals surface area (Å²) < 4.78 is 23.1. The fourth-order valence-corrected chi connectivity index (χ4v) is 5.79. The zero-order valence-electron chi connectivity index (χ0n) is 14.9. The van der Waals surface area contributed by atoms with Crippen LogP contribution in [0.1, 0.15) is 48.2 Å². The molecule has 1 saturated heterocycles. The van der Waals surface area contributed by atoms with E-state index in [9.17, 15) is 18.0 Å². The monoisotopic (exact) mass is 399 g/mol. The van der Waals surface area contributed by atoms with Gasteiger partial charge < -0.3 is 10.2 Å². The zero-order valence-corrected chi connectivity index (χ0v) is 16.5. The standard InChI is InChI=1S/C17H25N3O4S2/c1-20(14-6-8-26(23,24)9-7-14)17(22)12-2-4-13(5-3-12)19-16(21)15-10-18-11-25-15/h10-14H,2-9H2,1H3,(H,19,21). The van der Waals surface area contributed by atoms with E-state index in [1.165, 1.54) is 11.3 Å². The summed E-state index contributed by atoms with van der Waals surface area (Å²) >= 11 is 1.32. The molecule has 0 bridgehead atoms. The highest BCUT2D eigenvalue weighted by Crippen LogP contribution is 2.28. The van der Waals surface area contributed by atoms with Gasteiger partial charge in [0.25, 0.3) is 5.91 Å². The smallest absolute Gasteiger partial charge is 0.263 e. The van der Waals surface area contributed by atoms with Crippen LogP contribution in [-0.4, -0.2) is 60.8 Å². The van der Waals surface area contributed by atoms with Crippen molar-refractivity contribution in [2.75, 3.05) is 18.6 Å². The Morgan fingerprint density at radius 2 is 1.81 bits per heavy atom. The van der Waals surface area contributed by atoms with Gasteiger partial charge in [-0.05, 0) is 38.5 Å². The Bertz CT molecular complexity index is 726. The van der Waals surface area contributed by atoms with Crippen LogP contribution in [0.3, 0.4) is 0 Å². The molecule has 1 aromatic heterocycles. The van der Waals surface area contributed by atoms with Gasteiger partial charge in [-0.2, -0.15) is 0 Å². The lowest BCUT2D eigenvalue weighted by atomic mass is 9.84. The fourth-order valence-electron chi connectivity index (χ4n) is 3.80. The van der Waals surface area contributed by atoms with Crippen LogP contribution in [0.5, 0.6) is 0 Å². The Morgan fingerprint density at radius 3 is 2.38 bits per heavy atom. The summed E-state index contributed by atoms with van der Waals surface area (Å²) in [7, 11) is -1.12. The Morgan fingerprint density at radius 1 is 1.15 bits per heavy atom. The van der Waals surface area contributed by atoms with E-state index in [1.807, 2.05) is 0 Å². The SMILES string of the molecule is CN(C(=O)C1CCC(NC(=O)c2cncs2)CC1)C1CCS(=O)(=O)CC1. The molecule has 0 spiro atoms. The van der Waals surface area contributed by atoms with Gasteiger partial charge in [0.2, 0.25) is 5.91 Å². The third-order valence-electron chi connectivity index (χ3n) is 5.49. The highest BCUT2D eigenvalue weighted by Gasteiger charge is 2.33. The van der Waals surface area contributed by atoms with Crippen molar-refractivity contribution in [3.63, 3.8) is 0 Å². The van der Waals surface area contributed by atoms with Crippen molar-refractivity contribution in [2.45, 2.75) is 50.6 Å². The Hall–Kier alpha value is -1.48. The van der Waals surface area contributed by atoms with Gasteiger partial charge in [0.05, 0.1) is 23.2 Å². The number of sulfone groups is 1. The largest absolute Gasteiger partial charge is 0.349 e. The van der Waals surface area contributed by atoms with Crippen molar-refractivity contribution in [1.82, 2.24) is 15.2 Å². The molecule has 2 fully saturated rings.